The summed E-state index contributed by atoms with van der Waals surface area (Å²) >= 11 is 1.74. The molecule has 1 atom stereocenters. The van der Waals surface area contributed by atoms with Gasteiger partial charge in [-0.25, -0.2) is 0 Å². The van der Waals surface area contributed by atoms with Gasteiger partial charge in [0.2, 0.25) is 0 Å². The fraction of sp³-hybridized carbons (Fsp3) is 0.429. The lowest BCUT2D eigenvalue weighted by Gasteiger charge is -2.35. The molecule has 2 heterocycles. The van der Waals surface area contributed by atoms with Gasteiger partial charge in [0.25, 0.3) is 11.8 Å². The Bertz CT molecular complexity index is 807. The molecule has 2 aromatic rings. The minimum atomic E-state index is 0.0552. The summed E-state index contributed by atoms with van der Waals surface area (Å²) in [5.74, 6) is 0.917. The van der Waals surface area contributed by atoms with Crippen molar-refractivity contribution in [2.75, 3.05) is 26.2 Å². The highest BCUT2D eigenvalue weighted by atomic mass is 32.1. The number of hydrogen-bond donors (Lipinski definition) is 0. The minimum Gasteiger partial charge on any atom is -0.335 e. The second kappa shape index (κ2) is 7.23. The van der Waals surface area contributed by atoms with Crippen molar-refractivity contribution in [1.82, 2.24) is 9.80 Å². The van der Waals surface area contributed by atoms with E-state index in [-0.39, 0.29) is 11.8 Å². The molecule has 0 spiro atoms. The molecule has 0 radical (unpaired) electrons. The maximum Gasteiger partial charge on any atom is 0.255 e. The number of piperazine rings is 1. The van der Waals surface area contributed by atoms with Crippen molar-refractivity contribution in [3.05, 3.63) is 57.3 Å². The van der Waals surface area contributed by atoms with Gasteiger partial charge in [-0.3, -0.25) is 9.59 Å². The highest BCUT2D eigenvalue weighted by molar-refractivity contribution is 7.10. The number of carbonyl (C=O) groups is 2. The number of rotatable bonds is 2. The van der Waals surface area contributed by atoms with Crippen molar-refractivity contribution < 1.29 is 9.59 Å². The first kappa shape index (κ1) is 17.3. The summed E-state index contributed by atoms with van der Waals surface area (Å²) < 4.78 is 0. The predicted octanol–water partition coefficient (Wildman–Crippen LogP) is 3.47. The van der Waals surface area contributed by atoms with E-state index < -0.39 is 0 Å². The van der Waals surface area contributed by atoms with E-state index in [2.05, 4.69) is 6.92 Å². The lowest BCUT2D eigenvalue weighted by molar-refractivity contribution is 0.0535. The molecule has 1 unspecified atom stereocenters. The lowest BCUT2D eigenvalue weighted by atomic mass is 9.88. The Morgan fingerprint density at radius 1 is 1.00 bits per heavy atom. The summed E-state index contributed by atoms with van der Waals surface area (Å²) in [5.41, 5.74) is 2.90. The van der Waals surface area contributed by atoms with Gasteiger partial charge in [0.15, 0.2) is 0 Å². The van der Waals surface area contributed by atoms with Crippen LogP contribution >= 0.6 is 11.3 Å². The third-order valence-corrected chi connectivity index (χ3v) is 6.56. The van der Waals surface area contributed by atoms with E-state index in [0.29, 0.717) is 31.7 Å². The summed E-state index contributed by atoms with van der Waals surface area (Å²) in [6.07, 6.45) is 3.30. The summed E-state index contributed by atoms with van der Waals surface area (Å²) in [7, 11) is 0. The summed E-state index contributed by atoms with van der Waals surface area (Å²) in [5, 5.41) is 2.05. The standard InChI is InChI=1S/C21H24N2O2S/c1-15-7-8-17-18(14-26-19(17)13-15)21(25)23-11-9-22(10-12-23)20(24)16-5-3-2-4-6-16/h2-6,14-15H,7-13H2,1H3. The van der Waals surface area contributed by atoms with Crippen molar-refractivity contribution in [3.8, 4) is 0 Å². The Balaban J connectivity index is 1.41. The molecule has 1 aromatic heterocycles. The first-order chi connectivity index (χ1) is 12.6. The van der Waals surface area contributed by atoms with Crippen LogP contribution in [0.3, 0.4) is 0 Å². The Morgan fingerprint density at radius 2 is 1.65 bits per heavy atom. The Labute approximate surface area is 158 Å². The fourth-order valence-electron chi connectivity index (χ4n) is 3.90. The van der Waals surface area contributed by atoms with Gasteiger partial charge in [-0.2, -0.15) is 0 Å². The van der Waals surface area contributed by atoms with Crippen LogP contribution in [0.1, 0.15) is 44.5 Å². The molecule has 4 nitrogen and oxygen atoms in total. The normalized spacial score (nSPS) is 20.0. The summed E-state index contributed by atoms with van der Waals surface area (Å²) in [6, 6.07) is 9.37. The highest BCUT2D eigenvalue weighted by Gasteiger charge is 2.29. The van der Waals surface area contributed by atoms with Crippen LogP contribution in [0.2, 0.25) is 0 Å². The van der Waals surface area contributed by atoms with E-state index in [9.17, 15) is 9.59 Å². The molecule has 26 heavy (non-hydrogen) atoms. The van der Waals surface area contributed by atoms with Crippen LogP contribution < -0.4 is 0 Å². The number of amides is 2. The van der Waals surface area contributed by atoms with Crippen LogP contribution in [0.25, 0.3) is 0 Å². The second-order valence-corrected chi connectivity index (χ2v) is 8.31. The van der Waals surface area contributed by atoms with Gasteiger partial charge in [-0.1, -0.05) is 25.1 Å². The van der Waals surface area contributed by atoms with Gasteiger partial charge < -0.3 is 9.80 Å². The molecule has 1 fully saturated rings. The number of benzene rings is 1. The quantitative estimate of drug-likeness (QED) is 0.814. The topological polar surface area (TPSA) is 40.6 Å². The van der Waals surface area contributed by atoms with Gasteiger partial charge in [0.1, 0.15) is 0 Å². The van der Waals surface area contributed by atoms with E-state index in [4.69, 9.17) is 0 Å². The van der Waals surface area contributed by atoms with Crippen LogP contribution in [0.15, 0.2) is 35.7 Å². The van der Waals surface area contributed by atoms with Gasteiger partial charge in [0, 0.05) is 42.0 Å². The molecule has 4 rings (SSSR count). The molecular weight excluding hydrogens is 344 g/mol. The van der Waals surface area contributed by atoms with Crippen molar-refractivity contribution >= 4 is 23.2 Å². The Kier molecular flexibility index (Phi) is 4.81. The molecule has 2 aliphatic rings. The maximum atomic E-state index is 13.0. The fourth-order valence-corrected chi connectivity index (χ4v) is 5.14. The number of nitrogens with zero attached hydrogens (tertiary/aromatic N) is 2. The van der Waals surface area contributed by atoms with Crippen LogP contribution in [-0.2, 0) is 12.8 Å². The van der Waals surface area contributed by atoms with Gasteiger partial charge in [0.05, 0.1) is 5.56 Å². The molecule has 1 saturated heterocycles. The average molecular weight is 369 g/mol. The first-order valence-electron chi connectivity index (χ1n) is 9.36. The molecule has 1 aliphatic heterocycles. The van der Waals surface area contributed by atoms with Crippen LogP contribution in [0.5, 0.6) is 0 Å². The molecule has 0 N–H and O–H groups in total. The number of hydrogen-bond acceptors (Lipinski definition) is 3. The lowest BCUT2D eigenvalue weighted by Crippen LogP contribution is -2.50. The van der Waals surface area contributed by atoms with E-state index in [1.807, 2.05) is 45.5 Å². The predicted molar refractivity (Wildman–Crippen MR) is 104 cm³/mol. The van der Waals surface area contributed by atoms with E-state index in [1.54, 1.807) is 11.3 Å². The third-order valence-electron chi connectivity index (χ3n) is 5.51. The Morgan fingerprint density at radius 3 is 2.35 bits per heavy atom. The molecule has 136 valence electrons. The minimum absolute atomic E-state index is 0.0552. The molecule has 1 aliphatic carbocycles. The monoisotopic (exact) mass is 368 g/mol. The zero-order chi connectivity index (χ0) is 18.1. The summed E-state index contributed by atoms with van der Waals surface area (Å²) in [4.78, 5) is 30.7. The number of thiophene rings is 1. The van der Waals surface area contributed by atoms with Crippen molar-refractivity contribution in [2.45, 2.75) is 26.2 Å². The SMILES string of the molecule is CC1CCc2c(C(=O)N3CCN(C(=O)c4ccccc4)CC3)csc2C1. The molecule has 0 saturated carbocycles. The van der Waals surface area contributed by atoms with Crippen LogP contribution in [0, 0.1) is 5.92 Å². The van der Waals surface area contributed by atoms with Gasteiger partial charge >= 0.3 is 0 Å². The smallest absolute Gasteiger partial charge is 0.255 e. The molecule has 5 heteroatoms. The summed E-state index contributed by atoms with van der Waals surface area (Å²) in [6.45, 7) is 4.70. The third kappa shape index (κ3) is 3.28. The van der Waals surface area contributed by atoms with E-state index >= 15 is 0 Å². The molecule has 0 bridgehead atoms. The molecule has 2 amide bonds. The van der Waals surface area contributed by atoms with Crippen molar-refractivity contribution in [3.63, 3.8) is 0 Å². The highest BCUT2D eigenvalue weighted by Crippen LogP contribution is 2.33. The zero-order valence-electron chi connectivity index (χ0n) is 15.1. The van der Waals surface area contributed by atoms with Crippen LogP contribution in [0.4, 0.5) is 0 Å². The maximum absolute atomic E-state index is 13.0. The largest absolute Gasteiger partial charge is 0.335 e. The number of fused-ring (bicyclic) bond motifs is 1. The van der Waals surface area contributed by atoms with Crippen molar-refractivity contribution in [2.24, 2.45) is 5.92 Å². The molecular formula is C21H24N2O2S. The Hall–Kier alpha value is -2.14. The first-order valence-corrected chi connectivity index (χ1v) is 10.2. The van der Waals surface area contributed by atoms with Crippen LogP contribution in [-0.4, -0.2) is 47.8 Å². The number of carbonyl (C=O) groups excluding carboxylic acids is 2. The second-order valence-electron chi connectivity index (χ2n) is 7.35. The zero-order valence-corrected chi connectivity index (χ0v) is 15.9. The van der Waals surface area contributed by atoms with Gasteiger partial charge in [-0.15, -0.1) is 11.3 Å². The van der Waals surface area contributed by atoms with E-state index in [1.165, 1.54) is 16.9 Å². The van der Waals surface area contributed by atoms with Crippen molar-refractivity contribution in [1.29, 1.82) is 0 Å². The molecule has 1 aromatic carbocycles. The van der Waals surface area contributed by atoms with E-state index in [0.717, 1.165) is 24.3 Å². The van der Waals surface area contributed by atoms with Gasteiger partial charge in [-0.05, 0) is 42.9 Å². The average Bonchev–Trinajstić information content (AvgIpc) is 3.10.